The summed E-state index contributed by atoms with van der Waals surface area (Å²) in [6.07, 6.45) is 4.83. The first-order valence-electron chi connectivity index (χ1n) is 6.56. The van der Waals surface area contributed by atoms with Gasteiger partial charge >= 0.3 is 0 Å². The summed E-state index contributed by atoms with van der Waals surface area (Å²) in [5, 5.41) is 16.7. The zero-order chi connectivity index (χ0) is 13.8. The molecule has 1 fully saturated rings. The zero-order valence-corrected chi connectivity index (χ0v) is 11.4. The summed E-state index contributed by atoms with van der Waals surface area (Å²) in [6.45, 7) is 0.489. The summed E-state index contributed by atoms with van der Waals surface area (Å²) < 4.78 is 6.91. The minimum Gasteiger partial charge on any atom is -0.390 e. The predicted molar refractivity (Wildman–Crippen MR) is 69.2 cm³/mol. The fourth-order valence-corrected chi connectivity index (χ4v) is 2.50. The van der Waals surface area contributed by atoms with E-state index in [2.05, 4.69) is 10.4 Å². The van der Waals surface area contributed by atoms with E-state index in [4.69, 9.17) is 4.74 Å². The van der Waals surface area contributed by atoms with Gasteiger partial charge in [0.25, 0.3) is 0 Å². The van der Waals surface area contributed by atoms with Gasteiger partial charge in [-0.15, -0.1) is 0 Å². The molecule has 2 N–H and O–H groups in total. The molecule has 1 aromatic heterocycles. The number of hydrogen-bond acceptors (Lipinski definition) is 4. The van der Waals surface area contributed by atoms with E-state index >= 15 is 0 Å². The van der Waals surface area contributed by atoms with Gasteiger partial charge in [0.15, 0.2) is 0 Å². The van der Waals surface area contributed by atoms with Crippen LogP contribution in [-0.4, -0.2) is 40.1 Å². The average molecular weight is 267 g/mol. The van der Waals surface area contributed by atoms with Gasteiger partial charge in [-0.05, 0) is 19.3 Å². The van der Waals surface area contributed by atoms with Crippen LogP contribution in [-0.2, 0) is 23.1 Å². The van der Waals surface area contributed by atoms with E-state index < -0.39 is 6.10 Å². The fourth-order valence-electron chi connectivity index (χ4n) is 2.50. The maximum Gasteiger partial charge on any atom is 0.223 e. The van der Waals surface area contributed by atoms with E-state index in [1.807, 2.05) is 13.2 Å². The van der Waals surface area contributed by atoms with Crippen molar-refractivity contribution in [2.75, 3.05) is 7.11 Å². The maximum absolute atomic E-state index is 12.1. The van der Waals surface area contributed by atoms with Crippen molar-refractivity contribution >= 4 is 5.91 Å². The maximum atomic E-state index is 12.1. The second-order valence-electron chi connectivity index (χ2n) is 5.09. The number of hydrogen-bond donors (Lipinski definition) is 2. The standard InChI is InChI=1S/C13H21N3O3/c1-16-8-9(7-15-16)6-14-13(18)10-3-4-11(17)12(5-10)19-2/h7-8,10-12,17H,3-6H2,1-2H3,(H,14,18)/t10-,11+,12-/m1/s1. The Morgan fingerprint density at radius 1 is 1.63 bits per heavy atom. The number of amides is 1. The van der Waals surface area contributed by atoms with Crippen LogP contribution in [0.2, 0.25) is 0 Å². The molecular weight excluding hydrogens is 246 g/mol. The first kappa shape index (κ1) is 14.0. The Hall–Kier alpha value is -1.40. The Bertz CT molecular complexity index is 433. The molecule has 6 heteroatoms. The van der Waals surface area contributed by atoms with E-state index in [1.165, 1.54) is 0 Å². The molecule has 1 aliphatic rings. The summed E-state index contributed by atoms with van der Waals surface area (Å²) in [7, 11) is 3.42. The Kier molecular flexibility index (Phi) is 4.55. The highest BCUT2D eigenvalue weighted by Gasteiger charge is 2.32. The van der Waals surface area contributed by atoms with Crippen LogP contribution < -0.4 is 5.32 Å². The SMILES string of the molecule is CO[C@@H]1C[C@H](C(=O)NCc2cnn(C)c2)CC[C@@H]1O. The van der Waals surface area contributed by atoms with E-state index in [9.17, 15) is 9.90 Å². The van der Waals surface area contributed by atoms with Crippen molar-refractivity contribution in [3.05, 3.63) is 18.0 Å². The number of aromatic nitrogens is 2. The summed E-state index contributed by atoms with van der Waals surface area (Å²) >= 11 is 0. The first-order chi connectivity index (χ1) is 9.10. The number of aliphatic hydroxyl groups is 1. The Balaban J connectivity index is 1.83. The number of nitrogens with one attached hydrogen (secondary N) is 1. The molecule has 0 spiro atoms. The number of methoxy groups -OCH3 is 1. The number of aryl methyl sites for hydroxylation is 1. The minimum atomic E-state index is -0.452. The Morgan fingerprint density at radius 3 is 3.05 bits per heavy atom. The number of carbonyl (C=O) groups excluding carboxylic acids is 1. The van der Waals surface area contributed by atoms with Crippen LogP contribution in [0.15, 0.2) is 12.4 Å². The molecule has 1 heterocycles. The highest BCUT2D eigenvalue weighted by Crippen LogP contribution is 2.26. The van der Waals surface area contributed by atoms with Gasteiger partial charge in [-0.1, -0.05) is 0 Å². The molecular formula is C13H21N3O3. The van der Waals surface area contributed by atoms with Gasteiger partial charge in [-0.3, -0.25) is 9.48 Å². The molecule has 1 amide bonds. The molecule has 106 valence electrons. The lowest BCUT2D eigenvalue weighted by Crippen LogP contribution is -2.41. The number of rotatable bonds is 4. The molecule has 0 saturated heterocycles. The highest BCUT2D eigenvalue weighted by atomic mass is 16.5. The minimum absolute atomic E-state index is 0.0257. The van der Waals surface area contributed by atoms with Crippen molar-refractivity contribution in [3.8, 4) is 0 Å². The van der Waals surface area contributed by atoms with Gasteiger partial charge in [0, 0.05) is 38.4 Å². The van der Waals surface area contributed by atoms with Gasteiger partial charge < -0.3 is 15.2 Å². The normalized spacial score (nSPS) is 27.2. The van der Waals surface area contributed by atoms with Gasteiger partial charge in [0.05, 0.1) is 18.4 Å². The monoisotopic (exact) mass is 267 g/mol. The van der Waals surface area contributed by atoms with E-state index in [-0.39, 0.29) is 17.9 Å². The molecule has 0 aromatic carbocycles. The largest absolute Gasteiger partial charge is 0.390 e. The van der Waals surface area contributed by atoms with Crippen LogP contribution in [0.3, 0.4) is 0 Å². The van der Waals surface area contributed by atoms with E-state index in [1.54, 1.807) is 18.0 Å². The molecule has 3 atom stereocenters. The first-order valence-corrected chi connectivity index (χ1v) is 6.56. The number of aliphatic hydroxyl groups excluding tert-OH is 1. The lowest BCUT2D eigenvalue weighted by atomic mass is 9.84. The van der Waals surface area contributed by atoms with Crippen LogP contribution in [0.25, 0.3) is 0 Å². The topological polar surface area (TPSA) is 76.4 Å². The lowest BCUT2D eigenvalue weighted by molar-refractivity contribution is -0.130. The average Bonchev–Trinajstić information content (AvgIpc) is 2.82. The van der Waals surface area contributed by atoms with Crippen molar-refractivity contribution in [2.45, 2.75) is 38.0 Å². The molecule has 0 radical (unpaired) electrons. The predicted octanol–water partition coefficient (Wildman–Crippen LogP) is 0.212. The third kappa shape index (κ3) is 3.54. The van der Waals surface area contributed by atoms with E-state index in [0.29, 0.717) is 25.8 Å². The number of nitrogens with zero attached hydrogens (tertiary/aromatic N) is 2. The number of ether oxygens (including phenoxy) is 1. The van der Waals surface area contributed by atoms with Crippen molar-refractivity contribution in [1.82, 2.24) is 15.1 Å². The molecule has 0 bridgehead atoms. The molecule has 6 nitrogen and oxygen atoms in total. The Labute approximate surface area is 112 Å². The van der Waals surface area contributed by atoms with Crippen LogP contribution in [0.5, 0.6) is 0 Å². The molecule has 0 aliphatic heterocycles. The van der Waals surface area contributed by atoms with Gasteiger partial charge in [-0.2, -0.15) is 5.10 Å². The molecule has 2 rings (SSSR count). The van der Waals surface area contributed by atoms with Crippen molar-refractivity contribution in [1.29, 1.82) is 0 Å². The van der Waals surface area contributed by atoms with Crippen LogP contribution in [0, 0.1) is 5.92 Å². The Morgan fingerprint density at radius 2 is 2.42 bits per heavy atom. The van der Waals surface area contributed by atoms with Crippen molar-refractivity contribution in [2.24, 2.45) is 13.0 Å². The molecule has 1 aliphatic carbocycles. The fraction of sp³-hybridized carbons (Fsp3) is 0.692. The second kappa shape index (κ2) is 6.16. The summed E-state index contributed by atoms with van der Waals surface area (Å²) in [4.78, 5) is 12.1. The van der Waals surface area contributed by atoms with Gasteiger partial charge in [0.2, 0.25) is 5.91 Å². The zero-order valence-electron chi connectivity index (χ0n) is 11.4. The lowest BCUT2D eigenvalue weighted by Gasteiger charge is -2.31. The summed E-state index contributed by atoms with van der Waals surface area (Å²) in [6, 6.07) is 0. The summed E-state index contributed by atoms with van der Waals surface area (Å²) in [5.74, 6) is -0.0529. The van der Waals surface area contributed by atoms with Crippen LogP contribution in [0.4, 0.5) is 0 Å². The number of carbonyl (C=O) groups is 1. The van der Waals surface area contributed by atoms with E-state index in [0.717, 1.165) is 5.56 Å². The quantitative estimate of drug-likeness (QED) is 0.818. The highest BCUT2D eigenvalue weighted by molar-refractivity contribution is 5.78. The summed E-state index contributed by atoms with van der Waals surface area (Å²) in [5.41, 5.74) is 0.981. The second-order valence-corrected chi connectivity index (χ2v) is 5.09. The molecule has 19 heavy (non-hydrogen) atoms. The molecule has 1 saturated carbocycles. The van der Waals surface area contributed by atoms with Gasteiger partial charge in [-0.25, -0.2) is 0 Å². The van der Waals surface area contributed by atoms with Crippen LogP contribution in [0.1, 0.15) is 24.8 Å². The molecule has 0 unspecified atom stereocenters. The third-order valence-electron chi connectivity index (χ3n) is 3.66. The van der Waals surface area contributed by atoms with Crippen molar-refractivity contribution in [3.63, 3.8) is 0 Å². The van der Waals surface area contributed by atoms with Crippen LogP contribution >= 0.6 is 0 Å². The molecule has 1 aromatic rings. The third-order valence-corrected chi connectivity index (χ3v) is 3.66. The van der Waals surface area contributed by atoms with Gasteiger partial charge in [0.1, 0.15) is 0 Å². The smallest absolute Gasteiger partial charge is 0.223 e. The van der Waals surface area contributed by atoms with Crippen molar-refractivity contribution < 1.29 is 14.6 Å².